The molecule has 2 fully saturated rings. The molecule has 0 saturated carbocycles. The Morgan fingerprint density at radius 3 is 2.43 bits per heavy atom. The molecule has 2 aromatic rings. The average Bonchev–Trinajstić information content (AvgIpc) is 3.06. The number of aryl methyl sites for hydroxylation is 1. The van der Waals surface area contributed by atoms with Gasteiger partial charge in [-0.05, 0) is 38.2 Å². The van der Waals surface area contributed by atoms with Crippen LogP contribution in [0.4, 0.5) is 5.82 Å². The molecule has 2 atom stereocenters. The number of nitrogens with one attached hydrogen (secondary N) is 1. The maximum absolute atomic E-state index is 11.9. The summed E-state index contributed by atoms with van der Waals surface area (Å²) in [5.74, 6) is 0.667. The lowest BCUT2D eigenvalue weighted by Crippen LogP contribution is -2.46. The molecule has 4 rings (SSSR count). The molecule has 0 amide bonds. The fourth-order valence-electron chi connectivity index (χ4n) is 4.07. The summed E-state index contributed by atoms with van der Waals surface area (Å²) in [6, 6.07) is 2.65. The van der Waals surface area contributed by atoms with E-state index in [4.69, 9.17) is 0 Å². The summed E-state index contributed by atoms with van der Waals surface area (Å²) in [6.45, 7) is 2.05. The second-order valence-corrected chi connectivity index (χ2v) is 6.77. The Hall–Kier alpha value is -2.31. The normalized spacial score (nSPS) is 26.7. The zero-order valence-corrected chi connectivity index (χ0v) is 13.4. The molecule has 122 valence electrons. The van der Waals surface area contributed by atoms with Crippen molar-refractivity contribution in [2.24, 2.45) is 7.05 Å². The number of anilines is 1. The largest absolute Gasteiger partial charge is 0.352 e. The highest BCUT2D eigenvalue weighted by Crippen LogP contribution is 2.42. The van der Waals surface area contributed by atoms with Crippen molar-refractivity contribution in [1.82, 2.24) is 19.3 Å². The molecule has 2 aliphatic heterocycles. The first-order valence-corrected chi connectivity index (χ1v) is 8.12. The summed E-state index contributed by atoms with van der Waals surface area (Å²) in [4.78, 5) is 28.9. The van der Waals surface area contributed by atoms with E-state index in [9.17, 15) is 9.59 Å². The number of H-pyrrole nitrogens is 1. The molecule has 2 saturated heterocycles. The average molecular weight is 315 g/mol. The molecule has 1 N–H and O–H groups in total. The van der Waals surface area contributed by atoms with Crippen molar-refractivity contribution in [3.63, 3.8) is 0 Å². The van der Waals surface area contributed by atoms with Crippen LogP contribution < -0.4 is 16.1 Å². The molecule has 23 heavy (non-hydrogen) atoms. The lowest BCUT2D eigenvalue weighted by molar-refractivity contribution is 0.313. The fourth-order valence-corrected chi connectivity index (χ4v) is 4.07. The van der Waals surface area contributed by atoms with Gasteiger partial charge < -0.3 is 4.90 Å². The summed E-state index contributed by atoms with van der Waals surface area (Å²) in [5.41, 5.74) is 0.570. The second kappa shape index (κ2) is 5.11. The Bertz CT molecular complexity index is 803. The van der Waals surface area contributed by atoms with Gasteiger partial charge >= 0.3 is 5.69 Å². The Kier molecular flexibility index (Phi) is 3.18. The molecule has 2 aliphatic rings. The van der Waals surface area contributed by atoms with Crippen molar-refractivity contribution < 1.29 is 0 Å². The van der Waals surface area contributed by atoms with Crippen LogP contribution in [0.2, 0.25) is 0 Å². The molecule has 0 aromatic carbocycles. The van der Waals surface area contributed by atoms with Crippen molar-refractivity contribution in [2.75, 3.05) is 4.90 Å². The predicted molar refractivity (Wildman–Crippen MR) is 86.8 cm³/mol. The standard InChI is InChI=1S/C16H21N5O2/c1-10-8-17-20(9-10)13-5-11-3-4-12(6-13)21(11)14-7-15(22)19(2)16(23)18-14/h7-9,11-13H,3-6H2,1-2H3,(H,18,23). The summed E-state index contributed by atoms with van der Waals surface area (Å²) >= 11 is 0. The summed E-state index contributed by atoms with van der Waals surface area (Å²) in [7, 11) is 1.49. The van der Waals surface area contributed by atoms with E-state index in [0.29, 0.717) is 23.9 Å². The van der Waals surface area contributed by atoms with Gasteiger partial charge in [0.25, 0.3) is 5.56 Å². The van der Waals surface area contributed by atoms with Crippen LogP contribution in [0.5, 0.6) is 0 Å². The van der Waals surface area contributed by atoms with Crippen molar-refractivity contribution in [3.05, 3.63) is 44.9 Å². The minimum Gasteiger partial charge on any atom is -0.352 e. The minimum absolute atomic E-state index is 0.257. The van der Waals surface area contributed by atoms with E-state index in [-0.39, 0.29) is 11.2 Å². The quantitative estimate of drug-likeness (QED) is 0.895. The molecule has 2 aromatic heterocycles. The number of hydrogen-bond acceptors (Lipinski definition) is 4. The molecule has 7 nitrogen and oxygen atoms in total. The van der Waals surface area contributed by atoms with Gasteiger partial charge in [0.2, 0.25) is 0 Å². The first kappa shape index (κ1) is 14.3. The lowest BCUT2D eigenvalue weighted by atomic mass is 9.97. The van der Waals surface area contributed by atoms with Crippen LogP contribution in [0.15, 0.2) is 28.0 Å². The van der Waals surface area contributed by atoms with Gasteiger partial charge in [-0.3, -0.25) is 19.0 Å². The molecule has 0 spiro atoms. The summed E-state index contributed by atoms with van der Waals surface area (Å²) in [6.07, 6.45) is 8.17. The molecule has 0 radical (unpaired) electrons. The van der Waals surface area contributed by atoms with Crippen LogP contribution in [-0.4, -0.2) is 31.4 Å². The van der Waals surface area contributed by atoms with Crippen molar-refractivity contribution in [2.45, 2.75) is 50.7 Å². The van der Waals surface area contributed by atoms with Crippen molar-refractivity contribution in [3.8, 4) is 0 Å². The van der Waals surface area contributed by atoms with Crippen LogP contribution in [0.3, 0.4) is 0 Å². The van der Waals surface area contributed by atoms with Gasteiger partial charge in [-0.25, -0.2) is 4.79 Å². The Morgan fingerprint density at radius 1 is 1.17 bits per heavy atom. The van der Waals surface area contributed by atoms with Crippen LogP contribution >= 0.6 is 0 Å². The Morgan fingerprint density at radius 2 is 1.87 bits per heavy atom. The second-order valence-electron chi connectivity index (χ2n) is 6.77. The maximum atomic E-state index is 11.9. The summed E-state index contributed by atoms with van der Waals surface area (Å²) < 4.78 is 3.18. The number of fused-ring (bicyclic) bond motifs is 2. The van der Waals surface area contributed by atoms with Crippen LogP contribution in [0.25, 0.3) is 0 Å². The molecule has 2 unspecified atom stereocenters. The molecule has 0 aliphatic carbocycles. The van der Waals surface area contributed by atoms with Gasteiger partial charge in [0.05, 0.1) is 12.2 Å². The van der Waals surface area contributed by atoms with E-state index in [1.54, 1.807) is 6.07 Å². The molecule has 4 heterocycles. The third kappa shape index (κ3) is 2.31. The van der Waals surface area contributed by atoms with Crippen LogP contribution in [0.1, 0.15) is 37.3 Å². The van der Waals surface area contributed by atoms with Crippen molar-refractivity contribution in [1.29, 1.82) is 0 Å². The van der Waals surface area contributed by atoms with Crippen LogP contribution in [-0.2, 0) is 7.05 Å². The van der Waals surface area contributed by atoms with Gasteiger partial charge in [0.1, 0.15) is 5.82 Å². The molecule has 2 bridgehead atoms. The van der Waals surface area contributed by atoms with E-state index in [1.165, 1.54) is 12.6 Å². The number of aromatic nitrogens is 4. The molecule has 7 heteroatoms. The SMILES string of the molecule is Cc1cnn(C2CC3CCC(C2)N3c2cc(=O)n(C)c(=O)[nH]2)c1. The summed E-state index contributed by atoms with van der Waals surface area (Å²) in [5, 5.41) is 4.46. The predicted octanol–water partition coefficient (Wildman–Crippen LogP) is 0.951. The van der Waals surface area contributed by atoms with E-state index in [1.807, 2.05) is 6.20 Å². The van der Waals surface area contributed by atoms with E-state index in [0.717, 1.165) is 30.3 Å². The smallest absolute Gasteiger partial charge is 0.329 e. The number of nitrogens with zero attached hydrogens (tertiary/aromatic N) is 4. The maximum Gasteiger partial charge on any atom is 0.329 e. The van der Waals surface area contributed by atoms with E-state index < -0.39 is 0 Å². The highest BCUT2D eigenvalue weighted by atomic mass is 16.2. The molecular weight excluding hydrogens is 294 g/mol. The fraction of sp³-hybridized carbons (Fsp3) is 0.562. The topological polar surface area (TPSA) is 75.9 Å². The van der Waals surface area contributed by atoms with Crippen LogP contribution in [0, 0.1) is 6.92 Å². The van der Waals surface area contributed by atoms with Gasteiger partial charge in [0.15, 0.2) is 0 Å². The van der Waals surface area contributed by atoms with Gasteiger partial charge in [-0.15, -0.1) is 0 Å². The van der Waals surface area contributed by atoms with Gasteiger partial charge in [0, 0.05) is 31.4 Å². The number of piperidine rings is 1. The monoisotopic (exact) mass is 315 g/mol. The van der Waals surface area contributed by atoms with Crippen molar-refractivity contribution >= 4 is 5.82 Å². The first-order chi connectivity index (χ1) is 11.0. The molecular formula is C16H21N5O2. The number of hydrogen-bond donors (Lipinski definition) is 1. The third-order valence-electron chi connectivity index (χ3n) is 5.22. The zero-order valence-electron chi connectivity index (χ0n) is 13.4. The lowest BCUT2D eigenvalue weighted by Gasteiger charge is -2.40. The highest BCUT2D eigenvalue weighted by molar-refractivity contribution is 5.42. The first-order valence-electron chi connectivity index (χ1n) is 8.12. The Balaban J connectivity index is 1.64. The van der Waals surface area contributed by atoms with E-state index in [2.05, 4.69) is 32.8 Å². The highest BCUT2D eigenvalue weighted by Gasteiger charge is 2.42. The Labute approximate surface area is 133 Å². The van der Waals surface area contributed by atoms with Gasteiger partial charge in [-0.2, -0.15) is 5.10 Å². The number of rotatable bonds is 2. The van der Waals surface area contributed by atoms with Gasteiger partial charge in [-0.1, -0.05) is 0 Å². The third-order valence-corrected chi connectivity index (χ3v) is 5.22. The van der Waals surface area contributed by atoms with E-state index >= 15 is 0 Å². The zero-order chi connectivity index (χ0) is 16.1. The minimum atomic E-state index is -0.350. The number of aromatic amines is 1.